The van der Waals surface area contributed by atoms with Crippen molar-refractivity contribution in [2.24, 2.45) is 0 Å². The standard InChI is InChI=1S/C29H23ClN2O5S/c1-3-36-20-6-4-5-16(13-20)25-24(26(33)17-7-10-22-18(12-17)11-15(2)37-22)27(34)28(35)32(25)29-31-21-9-8-19(30)14-23(21)38-29/h4-10,12-15,25,33H,3,11H2,1-2H3/t15-,25+/m1/s1. The van der Waals surface area contributed by atoms with Crippen molar-refractivity contribution < 1.29 is 24.2 Å². The molecule has 4 aromatic rings. The van der Waals surface area contributed by atoms with E-state index >= 15 is 0 Å². The molecule has 1 N–H and O–H groups in total. The maximum Gasteiger partial charge on any atom is 0.301 e. The number of nitrogens with zero attached hydrogens (tertiary/aromatic N) is 2. The molecule has 0 aliphatic carbocycles. The summed E-state index contributed by atoms with van der Waals surface area (Å²) in [5, 5.41) is 12.4. The first-order valence-electron chi connectivity index (χ1n) is 12.2. The number of hydrogen-bond acceptors (Lipinski definition) is 7. The van der Waals surface area contributed by atoms with Crippen molar-refractivity contribution in [3.8, 4) is 11.5 Å². The molecule has 38 heavy (non-hydrogen) atoms. The number of amides is 1. The summed E-state index contributed by atoms with van der Waals surface area (Å²) in [6.07, 6.45) is 0.723. The number of Topliss-reactive ketones (excluding diaryl/α,β-unsaturated/α-hetero) is 1. The van der Waals surface area contributed by atoms with Crippen LogP contribution in [0.25, 0.3) is 16.0 Å². The van der Waals surface area contributed by atoms with Crippen molar-refractivity contribution in [2.45, 2.75) is 32.4 Å². The summed E-state index contributed by atoms with van der Waals surface area (Å²) in [6, 6.07) is 16.9. The first-order valence-corrected chi connectivity index (χ1v) is 13.4. The molecule has 0 bridgehead atoms. The third-order valence-corrected chi connectivity index (χ3v) is 7.90. The van der Waals surface area contributed by atoms with Crippen molar-refractivity contribution >= 4 is 55.7 Å². The Balaban J connectivity index is 1.54. The Bertz CT molecular complexity index is 1650. The number of carbonyl (C=O) groups is 2. The molecule has 9 heteroatoms. The molecular weight excluding hydrogens is 524 g/mol. The molecule has 0 radical (unpaired) electrons. The maximum atomic E-state index is 13.5. The topological polar surface area (TPSA) is 89.0 Å². The third-order valence-electron chi connectivity index (χ3n) is 6.64. The number of ether oxygens (including phenoxy) is 2. The molecule has 1 fully saturated rings. The number of aliphatic hydroxyl groups excluding tert-OH is 1. The number of halogens is 1. The van der Waals surface area contributed by atoms with Gasteiger partial charge in [0.2, 0.25) is 0 Å². The first-order chi connectivity index (χ1) is 18.3. The van der Waals surface area contributed by atoms with Gasteiger partial charge in [-0.1, -0.05) is 35.1 Å². The minimum atomic E-state index is -0.908. The van der Waals surface area contributed by atoms with Crippen molar-refractivity contribution in [2.75, 3.05) is 11.5 Å². The van der Waals surface area contributed by atoms with Crippen molar-refractivity contribution in [1.29, 1.82) is 0 Å². The zero-order valence-electron chi connectivity index (χ0n) is 20.6. The van der Waals surface area contributed by atoms with Crippen LogP contribution in [0.2, 0.25) is 5.02 Å². The maximum absolute atomic E-state index is 13.5. The number of rotatable bonds is 5. The fraction of sp³-hybridized carbons (Fsp3) is 0.207. The molecule has 1 aromatic heterocycles. The van der Waals surface area contributed by atoms with Crippen molar-refractivity contribution in [3.05, 3.63) is 87.9 Å². The molecule has 1 amide bonds. The quantitative estimate of drug-likeness (QED) is 0.179. The van der Waals surface area contributed by atoms with E-state index in [0.29, 0.717) is 45.6 Å². The van der Waals surface area contributed by atoms with Crippen LogP contribution in [0.15, 0.2) is 66.2 Å². The van der Waals surface area contributed by atoms with Gasteiger partial charge in [-0.05, 0) is 73.5 Å². The highest BCUT2D eigenvalue weighted by Crippen LogP contribution is 2.45. The summed E-state index contributed by atoms with van der Waals surface area (Å²) in [7, 11) is 0. The van der Waals surface area contributed by atoms with Gasteiger partial charge in [0.1, 0.15) is 23.4 Å². The van der Waals surface area contributed by atoms with E-state index in [1.54, 1.807) is 48.5 Å². The first kappa shape index (κ1) is 24.5. The largest absolute Gasteiger partial charge is 0.507 e. The van der Waals surface area contributed by atoms with Crippen LogP contribution < -0.4 is 14.4 Å². The SMILES string of the molecule is CCOc1cccc([C@H]2C(=C(O)c3ccc4c(c3)C[C@@H](C)O4)C(=O)C(=O)N2c2nc3ccc(Cl)cc3s2)c1. The van der Waals surface area contributed by atoms with E-state index in [9.17, 15) is 14.7 Å². The zero-order chi connectivity index (χ0) is 26.6. The minimum absolute atomic E-state index is 0.00662. The number of carbonyl (C=O) groups excluding carboxylic acids is 2. The number of aromatic nitrogens is 1. The van der Waals surface area contributed by atoms with E-state index in [0.717, 1.165) is 16.0 Å². The average Bonchev–Trinajstić information content (AvgIpc) is 3.56. The number of ketones is 1. The van der Waals surface area contributed by atoms with Crippen LogP contribution in [0, 0.1) is 0 Å². The Morgan fingerprint density at radius 1 is 1.18 bits per heavy atom. The third kappa shape index (κ3) is 4.10. The lowest BCUT2D eigenvalue weighted by Gasteiger charge is -2.23. The van der Waals surface area contributed by atoms with Crippen LogP contribution in [0.1, 0.15) is 36.6 Å². The lowest BCUT2D eigenvalue weighted by Crippen LogP contribution is -2.29. The second-order valence-corrected chi connectivity index (χ2v) is 10.7. The normalized spacial score (nSPS) is 20.1. The van der Waals surface area contributed by atoms with Crippen LogP contribution in [-0.2, 0) is 16.0 Å². The average molecular weight is 547 g/mol. The Labute approximate surface area is 227 Å². The fourth-order valence-corrected chi connectivity index (χ4v) is 6.27. The highest BCUT2D eigenvalue weighted by molar-refractivity contribution is 7.22. The number of anilines is 1. The second-order valence-electron chi connectivity index (χ2n) is 9.24. The van der Waals surface area contributed by atoms with Gasteiger partial charge in [-0.3, -0.25) is 14.5 Å². The summed E-state index contributed by atoms with van der Waals surface area (Å²) in [6.45, 7) is 4.31. The number of aliphatic hydroxyl groups is 1. The molecule has 3 aromatic carbocycles. The Kier molecular flexibility index (Phi) is 6.08. The van der Waals surface area contributed by atoms with Crippen LogP contribution in [0.4, 0.5) is 5.13 Å². The molecule has 7 nitrogen and oxygen atoms in total. The highest BCUT2D eigenvalue weighted by atomic mass is 35.5. The molecule has 0 saturated carbocycles. The Morgan fingerprint density at radius 3 is 2.84 bits per heavy atom. The molecule has 6 rings (SSSR count). The van der Waals surface area contributed by atoms with Gasteiger partial charge in [-0.2, -0.15) is 0 Å². The zero-order valence-corrected chi connectivity index (χ0v) is 22.2. The molecular formula is C29H23ClN2O5S. The summed E-state index contributed by atoms with van der Waals surface area (Å²) in [4.78, 5) is 33.1. The Morgan fingerprint density at radius 2 is 2.03 bits per heavy atom. The van der Waals surface area contributed by atoms with Gasteiger partial charge in [0.25, 0.3) is 5.78 Å². The smallest absolute Gasteiger partial charge is 0.301 e. The lowest BCUT2D eigenvalue weighted by molar-refractivity contribution is -0.132. The monoisotopic (exact) mass is 546 g/mol. The van der Waals surface area contributed by atoms with Gasteiger partial charge in [-0.15, -0.1) is 0 Å². The van der Waals surface area contributed by atoms with Gasteiger partial charge in [0.15, 0.2) is 5.13 Å². The van der Waals surface area contributed by atoms with Crippen LogP contribution in [0.5, 0.6) is 11.5 Å². The van der Waals surface area contributed by atoms with Crippen LogP contribution in [-0.4, -0.2) is 34.5 Å². The van der Waals surface area contributed by atoms with Gasteiger partial charge in [-0.25, -0.2) is 4.98 Å². The Hall–Kier alpha value is -3.88. The second kappa shape index (κ2) is 9.45. The van der Waals surface area contributed by atoms with Crippen LogP contribution >= 0.6 is 22.9 Å². The molecule has 2 atom stereocenters. The van der Waals surface area contributed by atoms with Gasteiger partial charge < -0.3 is 14.6 Å². The van der Waals surface area contributed by atoms with E-state index in [1.165, 1.54) is 16.2 Å². The number of benzene rings is 3. The molecule has 192 valence electrons. The van der Waals surface area contributed by atoms with Gasteiger partial charge >= 0.3 is 5.91 Å². The van der Waals surface area contributed by atoms with E-state index in [4.69, 9.17) is 21.1 Å². The van der Waals surface area contributed by atoms with E-state index in [1.807, 2.05) is 26.0 Å². The predicted octanol–water partition coefficient (Wildman–Crippen LogP) is 6.30. The molecule has 0 spiro atoms. The number of fused-ring (bicyclic) bond motifs is 2. The summed E-state index contributed by atoms with van der Waals surface area (Å²) >= 11 is 7.43. The summed E-state index contributed by atoms with van der Waals surface area (Å²) < 4.78 is 12.3. The molecule has 2 aliphatic rings. The molecule has 0 unspecified atom stereocenters. The summed E-state index contributed by atoms with van der Waals surface area (Å²) in [5.41, 5.74) is 2.65. The van der Waals surface area contributed by atoms with E-state index in [2.05, 4.69) is 4.98 Å². The van der Waals surface area contributed by atoms with Crippen LogP contribution in [0.3, 0.4) is 0 Å². The number of thiazole rings is 1. The fourth-order valence-electron chi connectivity index (χ4n) is 5.00. The molecule has 2 aliphatic heterocycles. The highest BCUT2D eigenvalue weighted by Gasteiger charge is 2.48. The summed E-state index contributed by atoms with van der Waals surface area (Å²) in [5.74, 6) is -0.443. The minimum Gasteiger partial charge on any atom is -0.507 e. The predicted molar refractivity (Wildman–Crippen MR) is 147 cm³/mol. The van der Waals surface area contributed by atoms with Crippen molar-refractivity contribution in [3.63, 3.8) is 0 Å². The van der Waals surface area contributed by atoms with Crippen molar-refractivity contribution in [1.82, 2.24) is 4.98 Å². The number of hydrogen-bond donors (Lipinski definition) is 1. The molecule has 3 heterocycles. The van der Waals surface area contributed by atoms with Gasteiger partial charge in [0.05, 0.1) is 28.4 Å². The lowest BCUT2D eigenvalue weighted by atomic mass is 9.94. The molecule has 1 saturated heterocycles. The van der Waals surface area contributed by atoms with Gasteiger partial charge in [0, 0.05) is 17.0 Å². The van der Waals surface area contributed by atoms with E-state index in [-0.39, 0.29) is 17.4 Å². The van der Waals surface area contributed by atoms with E-state index < -0.39 is 17.7 Å².